The van der Waals surface area contributed by atoms with Gasteiger partial charge >= 0.3 is 6.09 Å². The Morgan fingerprint density at radius 1 is 1.04 bits per heavy atom. The van der Waals surface area contributed by atoms with Crippen LogP contribution in [-0.4, -0.2) is 23.6 Å². The van der Waals surface area contributed by atoms with Gasteiger partial charge in [-0.05, 0) is 19.4 Å². The second-order valence-corrected chi connectivity index (χ2v) is 6.18. The molecular formula is C18H17F2NO2. The van der Waals surface area contributed by atoms with E-state index in [-0.39, 0.29) is 11.1 Å². The van der Waals surface area contributed by atoms with Gasteiger partial charge < -0.3 is 9.64 Å². The minimum atomic E-state index is -0.949. The fourth-order valence-corrected chi connectivity index (χ4v) is 3.12. The van der Waals surface area contributed by atoms with Crippen LogP contribution in [0.25, 0.3) is 11.1 Å². The summed E-state index contributed by atoms with van der Waals surface area (Å²) in [6, 6.07) is 11.1. The number of nitrogens with zero attached hydrogens (tertiary/aromatic N) is 1. The summed E-state index contributed by atoms with van der Waals surface area (Å²) in [7, 11) is 1.52. The number of carbonyl (C=O) groups is 1. The molecule has 0 N–H and O–H groups in total. The molecule has 1 unspecified atom stereocenters. The molecule has 3 rings (SSSR count). The van der Waals surface area contributed by atoms with Gasteiger partial charge in [-0.25, -0.2) is 13.6 Å². The molecule has 1 aliphatic heterocycles. The molecule has 0 saturated carbocycles. The van der Waals surface area contributed by atoms with Gasteiger partial charge in [0.1, 0.15) is 11.6 Å². The van der Waals surface area contributed by atoms with Crippen molar-refractivity contribution in [1.82, 2.24) is 4.90 Å². The van der Waals surface area contributed by atoms with Crippen LogP contribution in [0, 0.1) is 11.6 Å². The summed E-state index contributed by atoms with van der Waals surface area (Å²) in [6.07, 6.45) is -0.549. The Labute approximate surface area is 133 Å². The van der Waals surface area contributed by atoms with E-state index < -0.39 is 29.4 Å². The predicted octanol–water partition coefficient (Wildman–Crippen LogP) is 4.53. The highest BCUT2D eigenvalue weighted by Gasteiger charge is 2.48. The quantitative estimate of drug-likeness (QED) is 0.814. The van der Waals surface area contributed by atoms with Crippen LogP contribution in [0.4, 0.5) is 13.6 Å². The normalized spacial score (nSPS) is 19.8. The standard InChI is InChI=1S/C18H17F2NO2/c1-18(2)16(21(3)17(22)23-18)13-10-9-12(14(19)15(13)20)11-7-5-4-6-8-11/h4-10,16H,1-3H3. The van der Waals surface area contributed by atoms with Crippen LogP contribution in [0.2, 0.25) is 0 Å². The van der Waals surface area contributed by atoms with E-state index in [2.05, 4.69) is 0 Å². The molecule has 1 saturated heterocycles. The van der Waals surface area contributed by atoms with Gasteiger partial charge in [0.2, 0.25) is 0 Å². The third-order valence-corrected chi connectivity index (χ3v) is 4.18. The lowest BCUT2D eigenvalue weighted by molar-refractivity contribution is 0.0668. The Morgan fingerprint density at radius 2 is 1.70 bits per heavy atom. The predicted molar refractivity (Wildman–Crippen MR) is 82.9 cm³/mol. The molecule has 3 nitrogen and oxygen atoms in total. The van der Waals surface area contributed by atoms with Gasteiger partial charge in [-0.3, -0.25) is 0 Å². The number of rotatable bonds is 2. The number of amides is 1. The van der Waals surface area contributed by atoms with Crippen LogP contribution < -0.4 is 0 Å². The monoisotopic (exact) mass is 317 g/mol. The fraction of sp³-hybridized carbons (Fsp3) is 0.278. The highest BCUT2D eigenvalue weighted by molar-refractivity contribution is 5.72. The second-order valence-electron chi connectivity index (χ2n) is 6.18. The van der Waals surface area contributed by atoms with Gasteiger partial charge in [-0.2, -0.15) is 0 Å². The number of halogens is 2. The highest BCUT2D eigenvalue weighted by atomic mass is 19.2. The van der Waals surface area contributed by atoms with E-state index in [1.54, 1.807) is 38.1 Å². The molecule has 23 heavy (non-hydrogen) atoms. The third kappa shape index (κ3) is 2.46. The van der Waals surface area contributed by atoms with Crippen LogP contribution >= 0.6 is 0 Å². The number of cyclic esters (lactones) is 1. The first-order valence-corrected chi connectivity index (χ1v) is 7.32. The molecule has 5 heteroatoms. The van der Waals surface area contributed by atoms with E-state index in [1.807, 2.05) is 6.07 Å². The molecule has 1 fully saturated rings. The molecular weight excluding hydrogens is 300 g/mol. The van der Waals surface area contributed by atoms with Gasteiger partial charge in [0.25, 0.3) is 0 Å². The van der Waals surface area contributed by atoms with Crippen molar-refractivity contribution in [3.05, 3.63) is 59.7 Å². The number of hydrogen-bond acceptors (Lipinski definition) is 2. The van der Waals surface area contributed by atoms with Crippen molar-refractivity contribution >= 4 is 6.09 Å². The molecule has 1 heterocycles. The molecule has 2 aromatic carbocycles. The number of likely N-dealkylation sites (N-methyl/N-ethyl adjacent to an activating group) is 1. The fourth-order valence-electron chi connectivity index (χ4n) is 3.12. The van der Waals surface area contributed by atoms with Crippen molar-refractivity contribution in [1.29, 1.82) is 0 Å². The van der Waals surface area contributed by atoms with Crippen molar-refractivity contribution in [2.24, 2.45) is 0 Å². The van der Waals surface area contributed by atoms with Crippen LogP contribution in [0.3, 0.4) is 0 Å². The van der Waals surface area contributed by atoms with E-state index in [0.29, 0.717) is 5.56 Å². The maximum atomic E-state index is 14.7. The minimum Gasteiger partial charge on any atom is -0.441 e. The molecule has 2 aromatic rings. The SMILES string of the molecule is CN1C(=O)OC(C)(C)C1c1ccc(-c2ccccc2)c(F)c1F. The van der Waals surface area contributed by atoms with Crippen LogP contribution in [0.5, 0.6) is 0 Å². The summed E-state index contributed by atoms with van der Waals surface area (Å²) in [5, 5.41) is 0. The Kier molecular flexibility index (Phi) is 3.59. The smallest absolute Gasteiger partial charge is 0.410 e. The lowest BCUT2D eigenvalue weighted by atomic mass is 9.90. The van der Waals surface area contributed by atoms with E-state index in [0.717, 1.165) is 0 Å². The van der Waals surface area contributed by atoms with Gasteiger partial charge in [0, 0.05) is 18.2 Å². The van der Waals surface area contributed by atoms with Crippen LogP contribution in [0.15, 0.2) is 42.5 Å². The van der Waals surface area contributed by atoms with E-state index in [9.17, 15) is 13.6 Å². The maximum absolute atomic E-state index is 14.7. The second kappa shape index (κ2) is 5.33. The number of benzene rings is 2. The molecule has 0 aliphatic carbocycles. The molecule has 0 spiro atoms. The highest BCUT2D eigenvalue weighted by Crippen LogP contribution is 2.42. The molecule has 1 atom stereocenters. The van der Waals surface area contributed by atoms with Crippen molar-refractivity contribution in [3.8, 4) is 11.1 Å². The molecule has 120 valence electrons. The largest absolute Gasteiger partial charge is 0.441 e. The van der Waals surface area contributed by atoms with E-state index in [4.69, 9.17) is 4.74 Å². The Bertz CT molecular complexity index is 759. The Balaban J connectivity index is 2.10. The first-order chi connectivity index (χ1) is 10.8. The zero-order chi connectivity index (χ0) is 16.8. The number of hydrogen-bond donors (Lipinski definition) is 0. The minimum absolute atomic E-state index is 0.112. The summed E-state index contributed by atoms with van der Waals surface area (Å²) >= 11 is 0. The lowest BCUT2D eigenvalue weighted by Crippen LogP contribution is -2.32. The summed E-state index contributed by atoms with van der Waals surface area (Å²) in [6.45, 7) is 3.36. The lowest BCUT2D eigenvalue weighted by Gasteiger charge is -2.27. The third-order valence-electron chi connectivity index (χ3n) is 4.18. The molecule has 1 amide bonds. The summed E-state index contributed by atoms with van der Waals surface area (Å²) in [5.41, 5.74) is -0.0344. The number of ether oxygens (including phenoxy) is 1. The first kappa shape index (κ1) is 15.5. The van der Waals surface area contributed by atoms with Crippen LogP contribution in [-0.2, 0) is 4.74 Å². The Morgan fingerprint density at radius 3 is 2.26 bits per heavy atom. The van der Waals surface area contributed by atoms with Crippen molar-refractivity contribution in [2.75, 3.05) is 7.05 Å². The van der Waals surface area contributed by atoms with Gasteiger partial charge in [-0.1, -0.05) is 42.5 Å². The van der Waals surface area contributed by atoms with E-state index in [1.165, 1.54) is 24.1 Å². The summed E-state index contributed by atoms with van der Waals surface area (Å²) in [4.78, 5) is 13.0. The topological polar surface area (TPSA) is 29.5 Å². The molecule has 0 bridgehead atoms. The number of carbonyl (C=O) groups excluding carboxylic acids is 1. The van der Waals surface area contributed by atoms with Crippen molar-refractivity contribution in [3.63, 3.8) is 0 Å². The molecule has 1 aliphatic rings. The van der Waals surface area contributed by atoms with Gasteiger partial charge in [0.15, 0.2) is 11.6 Å². The van der Waals surface area contributed by atoms with Crippen molar-refractivity contribution < 1.29 is 18.3 Å². The average Bonchev–Trinajstić information content (AvgIpc) is 2.71. The summed E-state index contributed by atoms with van der Waals surface area (Å²) < 4.78 is 34.5. The molecule has 0 aromatic heterocycles. The van der Waals surface area contributed by atoms with Crippen LogP contribution in [0.1, 0.15) is 25.5 Å². The Hall–Kier alpha value is -2.43. The average molecular weight is 317 g/mol. The summed E-state index contributed by atoms with van der Waals surface area (Å²) in [5.74, 6) is -1.87. The first-order valence-electron chi connectivity index (χ1n) is 7.32. The van der Waals surface area contributed by atoms with Gasteiger partial charge in [0.05, 0.1) is 0 Å². The molecule has 0 radical (unpaired) electrons. The van der Waals surface area contributed by atoms with Crippen molar-refractivity contribution in [2.45, 2.75) is 25.5 Å². The zero-order valence-electron chi connectivity index (χ0n) is 13.1. The van der Waals surface area contributed by atoms with E-state index >= 15 is 0 Å². The maximum Gasteiger partial charge on any atom is 0.410 e. The van der Waals surface area contributed by atoms with Gasteiger partial charge in [-0.15, -0.1) is 0 Å². The zero-order valence-corrected chi connectivity index (χ0v) is 13.1.